The van der Waals surface area contributed by atoms with Crippen molar-refractivity contribution in [3.63, 3.8) is 0 Å². The second kappa shape index (κ2) is 27.5. The topological polar surface area (TPSA) is 97.1 Å². The molecule has 0 saturated heterocycles. The second-order valence-corrected chi connectivity index (χ2v) is 28.2. The Morgan fingerprint density at radius 1 is 0.125 bits per heavy atom. The Morgan fingerprint density at radius 3 is 0.625 bits per heavy atom. The maximum atomic E-state index is 4.95. The number of aromatic nitrogens is 10. The Labute approximate surface area is 645 Å². The zero-order chi connectivity index (χ0) is 74.0. The zero-order valence-electron chi connectivity index (χ0n) is 60.6. The van der Waals surface area contributed by atoms with E-state index < -0.39 is 0 Å². The molecule has 0 fully saturated rings. The van der Waals surface area contributed by atoms with Crippen LogP contribution in [0.3, 0.4) is 0 Å². The third-order valence-electron chi connectivity index (χ3n) is 21.6. The fourth-order valence-corrected chi connectivity index (χ4v) is 16.3. The van der Waals surface area contributed by atoms with Gasteiger partial charge >= 0.3 is 0 Å². The molecule has 0 N–H and O–H groups in total. The van der Waals surface area contributed by atoms with Crippen LogP contribution in [0.15, 0.2) is 400 Å². The second-order valence-electron chi connectivity index (χ2n) is 28.2. The summed E-state index contributed by atoms with van der Waals surface area (Å²) in [6.45, 7) is 0. The van der Waals surface area contributed by atoms with Gasteiger partial charge in [0, 0.05) is 99.2 Å². The molecule has 22 aromatic rings. The lowest BCUT2D eigenvalue weighted by molar-refractivity contribution is 1.07. The van der Waals surface area contributed by atoms with Crippen LogP contribution >= 0.6 is 0 Å². The van der Waals surface area contributed by atoms with E-state index in [-0.39, 0.29) is 0 Å². The third-order valence-corrected chi connectivity index (χ3v) is 21.6. The van der Waals surface area contributed by atoms with E-state index in [0.717, 1.165) is 78.2 Å². The van der Waals surface area contributed by atoms with Crippen molar-refractivity contribution in [3.05, 3.63) is 400 Å². The molecule has 6 heterocycles. The van der Waals surface area contributed by atoms with Crippen LogP contribution in [-0.2, 0) is 0 Å². The molecule has 524 valence electrons. The Bertz CT molecular complexity index is 7200. The summed E-state index contributed by atoms with van der Waals surface area (Å²) in [5, 5.41) is 9.85. The maximum absolute atomic E-state index is 4.95. The Kier molecular flexibility index (Phi) is 16.0. The average Bonchev–Trinajstić information content (AvgIpc) is 1.59. The van der Waals surface area contributed by atoms with Crippen LogP contribution in [0, 0.1) is 0 Å². The summed E-state index contributed by atoms with van der Waals surface area (Å²) in [6.07, 6.45) is 0. The lowest BCUT2D eigenvalue weighted by atomic mass is 10.0. The predicted octanol–water partition coefficient (Wildman–Crippen LogP) is 25.5. The highest BCUT2D eigenvalue weighted by atomic mass is 15.1. The minimum absolute atomic E-state index is 0.638. The third kappa shape index (κ3) is 11.5. The number of para-hydroxylation sites is 6. The van der Waals surface area contributed by atoms with Gasteiger partial charge in [-0.25, -0.2) is 29.9 Å². The summed E-state index contributed by atoms with van der Waals surface area (Å²) in [7, 11) is 0. The lowest BCUT2D eigenvalue weighted by Crippen LogP contribution is -2.00. The van der Waals surface area contributed by atoms with E-state index in [1.54, 1.807) is 0 Å². The molecular weight excluding hydrogens is 1370 g/mol. The van der Waals surface area contributed by atoms with Crippen molar-refractivity contribution in [2.24, 2.45) is 0 Å². The van der Waals surface area contributed by atoms with E-state index >= 15 is 0 Å². The standard InChI is InChI=1S/2C51H33N5/c1-4-14-34(15-5-1)49-52-50(35-16-6-2-7-17-35)54-51(53-49)36-24-28-40(29-25-36)55-46-23-13-11-21-42(46)44-32-37(27-31-47(44)55)38-26-30-43-41-20-10-12-22-45(41)56(48(43)33-38)39-18-8-3-9-19-39;1-4-14-34(15-5-1)49-52-50(35-16-6-2-7-17-35)54-51(53-49)36-24-28-40(29-25-36)56-46-23-13-11-21-42(46)44-33-38(27-31-48(44)56)37-26-30-47-43(32-37)41-20-10-12-22-45(41)55(47)39-18-8-3-9-19-39/h2*1-33H. The van der Waals surface area contributed by atoms with Gasteiger partial charge in [-0.1, -0.05) is 261 Å². The van der Waals surface area contributed by atoms with Gasteiger partial charge in [0.25, 0.3) is 0 Å². The van der Waals surface area contributed by atoms with Crippen LogP contribution in [-0.4, -0.2) is 48.2 Å². The molecule has 0 spiro atoms. The molecule has 0 amide bonds. The van der Waals surface area contributed by atoms with E-state index in [0.29, 0.717) is 34.9 Å². The molecule has 0 radical (unpaired) electrons. The van der Waals surface area contributed by atoms with E-state index in [4.69, 9.17) is 29.9 Å². The Hall–Kier alpha value is -15.3. The minimum atomic E-state index is 0.638. The van der Waals surface area contributed by atoms with Gasteiger partial charge in [-0.3, -0.25) is 0 Å². The summed E-state index contributed by atoms with van der Waals surface area (Å²) < 4.78 is 9.45. The SMILES string of the molecule is c1ccc(-c2nc(-c3ccccc3)nc(-c3ccc(-n4c5ccccc5c5cc(-c6ccc7c(c6)c6ccccc6n7-c6ccccc6)ccc54)cc3)n2)cc1.c1ccc(-c2nc(-c3ccccc3)nc(-c3ccc(-n4c5ccccc5c5cc(-c6ccc7c8ccccc8n(-c8ccccc8)c7c6)ccc54)cc3)n2)cc1. The number of fused-ring (bicyclic) bond motifs is 12. The highest BCUT2D eigenvalue weighted by Gasteiger charge is 2.22. The van der Waals surface area contributed by atoms with Crippen molar-refractivity contribution in [2.45, 2.75) is 0 Å². The van der Waals surface area contributed by atoms with Gasteiger partial charge < -0.3 is 18.3 Å². The Morgan fingerprint density at radius 2 is 0.321 bits per heavy atom. The van der Waals surface area contributed by atoms with E-state index in [1.165, 1.54) is 87.4 Å². The lowest BCUT2D eigenvalue weighted by Gasteiger charge is -2.11. The first kappa shape index (κ1) is 65.1. The molecule has 0 aliphatic heterocycles. The van der Waals surface area contributed by atoms with E-state index in [2.05, 4.69) is 297 Å². The number of hydrogen-bond donors (Lipinski definition) is 0. The van der Waals surface area contributed by atoms with Crippen molar-refractivity contribution in [3.8, 4) is 113 Å². The maximum Gasteiger partial charge on any atom is 0.164 e. The average molecular weight is 1430 g/mol. The number of benzene rings is 16. The smallest absolute Gasteiger partial charge is 0.164 e. The van der Waals surface area contributed by atoms with Crippen LogP contribution in [0.1, 0.15) is 0 Å². The quantitative estimate of drug-likeness (QED) is 0.121. The highest BCUT2D eigenvalue weighted by molar-refractivity contribution is 6.15. The molecular formula is C102H66N10. The molecule has 10 heteroatoms. The summed E-state index contributed by atoms with van der Waals surface area (Å²) >= 11 is 0. The van der Waals surface area contributed by atoms with Gasteiger partial charge in [-0.2, -0.15) is 0 Å². The van der Waals surface area contributed by atoms with Crippen molar-refractivity contribution >= 4 is 87.2 Å². The fourth-order valence-electron chi connectivity index (χ4n) is 16.3. The fraction of sp³-hybridized carbons (Fsp3) is 0. The first-order valence-electron chi connectivity index (χ1n) is 37.7. The number of rotatable bonds is 12. The predicted molar refractivity (Wildman–Crippen MR) is 460 cm³/mol. The molecule has 0 saturated carbocycles. The molecule has 16 aromatic carbocycles. The van der Waals surface area contributed by atoms with Crippen molar-refractivity contribution < 1.29 is 0 Å². The molecule has 0 aliphatic rings. The summed E-state index contributed by atoms with van der Waals surface area (Å²) in [5.74, 6) is 3.88. The van der Waals surface area contributed by atoms with Gasteiger partial charge in [0.05, 0.1) is 44.1 Å². The van der Waals surface area contributed by atoms with E-state index in [1.807, 2.05) is 121 Å². The van der Waals surface area contributed by atoms with Gasteiger partial charge in [0.15, 0.2) is 34.9 Å². The van der Waals surface area contributed by atoms with Crippen molar-refractivity contribution in [2.75, 3.05) is 0 Å². The summed E-state index contributed by atoms with van der Waals surface area (Å²) in [6, 6.07) is 141. The van der Waals surface area contributed by atoms with Crippen LogP contribution in [0.4, 0.5) is 0 Å². The molecule has 0 aliphatic carbocycles. The van der Waals surface area contributed by atoms with E-state index in [9.17, 15) is 0 Å². The van der Waals surface area contributed by atoms with Gasteiger partial charge in [-0.05, 0) is 162 Å². The molecule has 0 unspecified atom stereocenters. The van der Waals surface area contributed by atoms with Crippen LogP contribution in [0.25, 0.3) is 201 Å². The molecule has 112 heavy (non-hydrogen) atoms. The number of nitrogens with zero attached hydrogens (tertiary/aromatic N) is 10. The molecule has 6 aromatic heterocycles. The minimum Gasteiger partial charge on any atom is -0.309 e. The first-order valence-corrected chi connectivity index (χ1v) is 37.7. The van der Waals surface area contributed by atoms with Gasteiger partial charge in [0.1, 0.15) is 0 Å². The van der Waals surface area contributed by atoms with Crippen molar-refractivity contribution in [1.29, 1.82) is 0 Å². The molecule has 0 atom stereocenters. The first-order chi connectivity index (χ1) is 55.5. The summed E-state index contributed by atoms with van der Waals surface area (Å²) in [5.41, 5.74) is 24.3. The molecule has 10 nitrogen and oxygen atoms in total. The Balaban J connectivity index is 0.000000141. The molecule has 0 bridgehead atoms. The molecule has 22 rings (SSSR count). The normalized spacial score (nSPS) is 11.6. The van der Waals surface area contributed by atoms with Crippen molar-refractivity contribution in [1.82, 2.24) is 48.2 Å². The summed E-state index contributed by atoms with van der Waals surface area (Å²) in [4.78, 5) is 29.6. The largest absolute Gasteiger partial charge is 0.309 e. The van der Waals surface area contributed by atoms with Crippen LogP contribution in [0.5, 0.6) is 0 Å². The zero-order valence-corrected chi connectivity index (χ0v) is 60.6. The van der Waals surface area contributed by atoms with Gasteiger partial charge in [-0.15, -0.1) is 0 Å². The number of hydrogen-bond acceptors (Lipinski definition) is 6. The highest BCUT2D eigenvalue weighted by Crippen LogP contribution is 2.42. The van der Waals surface area contributed by atoms with Gasteiger partial charge in [0.2, 0.25) is 0 Å². The van der Waals surface area contributed by atoms with Crippen LogP contribution in [0.2, 0.25) is 0 Å². The van der Waals surface area contributed by atoms with Crippen LogP contribution < -0.4 is 0 Å². The monoisotopic (exact) mass is 1430 g/mol.